The van der Waals surface area contributed by atoms with Crippen LogP contribution >= 0.6 is 0 Å². The number of carbonyl (C=O) groups excluding carboxylic acids is 1. The predicted octanol–water partition coefficient (Wildman–Crippen LogP) is 2.42. The number of benzene rings is 1. The van der Waals surface area contributed by atoms with E-state index in [0.29, 0.717) is 31.9 Å². The number of nitrogens with zero attached hydrogens (tertiary/aromatic N) is 3. The summed E-state index contributed by atoms with van der Waals surface area (Å²) < 4.78 is 5.79. The van der Waals surface area contributed by atoms with Crippen LogP contribution in [0.15, 0.2) is 30.5 Å². The lowest BCUT2D eigenvalue weighted by atomic mass is 10.0. The van der Waals surface area contributed by atoms with E-state index in [1.165, 1.54) is 24.0 Å². The van der Waals surface area contributed by atoms with E-state index in [1.54, 1.807) is 6.20 Å². The van der Waals surface area contributed by atoms with Crippen molar-refractivity contribution in [3.63, 3.8) is 0 Å². The molecule has 1 fully saturated rings. The third kappa shape index (κ3) is 3.56. The summed E-state index contributed by atoms with van der Waals surface area (Å²) in [6.45, 7) is 3.61. The Morgan fingerprint density at radius 2 is 2.16 bits per heavy atom. The van der Waals surface area contributed by atoms with E-state index in [2.05, 4.69) is 28.2 Å². The summed E-state index contributed by atoms with van der Waals surface area (Å²) in [6.07, 6.45) is 5.50. The maximum Gasteiger partial charge on any atom is 0.227 e. The molecule has 1 aliphatic heterocycles. The van der Waals surface area contributed by atoms with Gasteiger partial charge < -0.3 is 9.64 Å². The van der Waals surface area contributed by atoms with Crippen LogP contribution in [0.3, 0.4) is 0 Å². The second-order valence-corrected chi connectivity index (χ2v) is 6.89. The topological polar surface area (TPSA) is 55.3 Å². The van der Waals surface area contributed by atoms with Gasteiger partial charge in [-0.25, -0.2) is 9.97 Å². The zero-order valence-electron chi connectivity index (χ0n) is 14.6. The second-order valence-electron chi connectivity index (χ2n) is 6.89. The van der Waals surface area contributed by atoms with Gasteiger partial charge in [-0.15, -0.1) is 0 Å². The van der Waals surface area contributed by atoms with Crippen LogP contribution < -0.4 is 0 Å². The minimum Gasteiger partial charge on any atom is -0.367 e. The molecule has 0 saturated carbocycles. The third-order valence-electron chi connectivity index (χ3n) is 5.04. The van der Waals surface area contributed by atoms with Crippen molar-refractivity contribution in [2.75, 3.05) is 19.7 Å². The van der Waals surface area contributed by atoms with Crippen LogP contribution in [0.5, 0.6) is 0 Å². The highest BCUT2D eigenvalue weighted by Gasteiger charge is 2.27. The van der Waals surface area contributed by atoms with Crippen molar-refractivity contribution in [2.24, 2.45) is 0 Å². The number of aromatic nitrogens is 2. The molecule has 1 atom stereocenters. The van der Waals surface area contributed by atoms with Gasteiger partial charge in [0.25, 0.3) is 0 Å². The first-order valence-corrected chi connectivity index (χ1v) is 8.98. The molecule has 0 N–H and O–H groups in total. The summed E-state index contributed by atoms with van der Waals surface area (Å²) in [4.78, 5) is 23.4. The molecule has 4 rings (SSSR count). The van der Waals surface area contributed by atoms with E-state index >= 15 is 0 Å². The standard InChI is InChI=1S/C20H23N3O2/c1-14-7-8-21-20(22-14)18-13-23(9-10-25-18)19(24)12-15-5-6-16-3-2-4-17(16)11-15/h5-8,11,18H,2-4,9-10,12-13H2,1H3/t18-/m1/s1. The van der Waals surface area contributed by atoms with E-state index in [1.807, 2.05) is 17.9 Å². The number of carbonyl (C=O) groups is 1. The normalized spacial score (nSPS) is 19.7. The number of morpholine rings is 1. The summed E-state index contributed by atoms with van der Waals surface area (Å²) in [5, 5.41) is 0. The number of hydrogen-bond acceptors (Lipinski definition) is 4. The Morgan fingerprint density at radius 1 is 1.28 bits per heavy atom. The van der Waals surface area contributed by atoms with Crippen molar-refractivity contribution in [3.05, 3.63) is 58.7 Å². The van der Waals surface area contributed by atoms with Gasteiger partial charge in [0.15, 0.2) is 5.82 Å². The van der Waals surface area contributed by atoms with Crippen LogP contribution in [0.25, 0.3) is 0 Å². The van der Waals surface area contributed by atoms with E-state index in [0.717, 1.165) is 17.7 Å². The average molecular weight is 337 g/mol. The van der Waals surface area contributed by atoms with Gasteiger partial charge in [0.2, 0.25) is 5.91 Å². The second kappa shape index (κ2) is 6.92. The number of amides is 1. The Kier molecular flexibility index (Phi) is 4.49. The molecule has 5 heteroatoms. The van der Waals surface area contributed by atoms with E-state index < -0.39 is 0 Å². The van der Waals surface area contributed by atoms with Crippen LogP contribution in [0.4, 0.5) is 0 Å². The van der Waals surface area contributed by atoms with Gasteiger partial charge in [-0.2, -0.15) is 0 Å². The highest BCUT2D eigenvalue weighted by molar-refractivity contribution is 5.79. The molecule has 0 spiro atoms. The number of ether oxygens (including phenoxy) is 1. The van der Waals surface area contributed by atoms with Crippen LogP contribution in [0.1, 0.15) is 40.7 Å². The molecule has 130 valence electrons. The Morgan fingerprint density at radius 3 is 3.04 bits per heavy atom. The third-order valence-corrected chi connectivity index (χ3v) is 5.04. The summed E-state index contributed by atoms with van der Waals surface area (Å²) in [5.41, 5.74) is 4.88. The summed E-state index contributed by atoms with van der Waals surface area (Å²) in [5.74, 6) is 0.814. The van der Waals surface area contributed by atoms with Gasteiger partial charge in [0.05, 0.1) is 19.6 Å². The SMILES string of the molecule is Cc1ccnc([C@H]2CN(C(=O)Cc3ccc4c(c3)CCC4)CCO2)n1. The molecule has 1 amide bonds. The molecule has 0 unspecified atom stereocenters. The lowest BCUT2D eigenvalue weighted by molar-refractivity contribution is -0.138. The van der Waals surface area contributed by atoms with E-state index in [-0.39, 0.29) is 12.0 Å². The number of aryl methyl sites for hydroxylation is 3. The number of hydrogen-bond donors (Lipinski definition) is 0. The Hall–Kier alpha value is -2.27. The maximum atomic E-state index is 12.7. The first-order valence-electron chi connectivity index (χ1n) is 8.98. The monoisotopic (exact) mass is 337 g/mol. The van der Waals surface area contributed by atoms with Gasteiger partial charge in [0.1, 0.15) is 6.10 Å². The molecule has 25 heavy (non-hydrogen) atoms. The molecule has 2 aliphatic rings. The molecule has 1 aromatic carbocycles. The molecular weight excluding hydrogens is 314 g/mol. The minimum atomic E-state index is -0.238. The van der Waals surface area contributed by atoms with Crippen molar-refractivity contribution in [2.45, 2.75) is 38.7 Å². The molecule has 2 aromatic rings. The first-order chi connectivity index (χ1) is 12.2. The van der Waals surface area contributed by atoms with E-state index in [9.17, 15) is 4.79 Å². The zero-order valence-corrected chi connectivity index (χ0v) is 14.6. The number of fused-ring (bicyclic) bond motifs is 1. The van der Waals surface area contributed by atoms with Gasteiger partial charge >= 0.3 is 0 Å². The first kappa shape index (κ1) is 16.2. The fraction of sp³-hybridized carbons (Fsp3) is 0.450. The largest absolute Gasteiger partial charge is 0.367 e. The van der Waals surface area contributed by atoms with Crippen LogP contribution in [-0.4, -0.2) is 40.5 Å². The summed E-state index contributed by atoms with van der Waals surface area (Å²) in [7, 11) is 0. The quantitative estimate of drug-likeness (QED) is 0.863. The van der Waals surface area contributed by atoms with Crippen molar-refractivity contribution in [3.8, 4) is 0 Å². The van der Waals surface area contributed by atoms with Crippen molar-refractivity contribution in [1.29, 1.82) is 0 Å². The van der Waals surface area contributed by atoms with Crippen LogP contribution in [0.2, 0.25) is 0 Å². The highest BCUT2D eigenvalue weighted by atomic mass is 16.5. The van der Waals surface area contributed by atoms with Crippen LogP contribution in [0, 0.1) is 6.92 Å². The molecule has 5 nitrogen and oxygen atoms in total. The van der Waals surface area contributed by atoms with Gasteiger partial charge in [-0.3, -0.25) is 4.79 Å². The smallest absolute Gasteiger partial charge is 0.227 e. The van der Waals surface area contributed by atoms with Crippen molar-refractivity contribution >= 4 is 5.91 Å². The van der Waals surface area contributed by atoms with E-state index in [4.69, 9.17) is 4.74 Å². The van der Waals surface area contributed by atoms with Crippen LogP contribution in [-0.2, 0) is 28.8 Å². The lowest BCUT2D eigenvalue weighted by Gasteiger charge is -2.32. The Balaban J connectivity index is 1.43. The molecular formula is C20H23N3O2. The lowest BCUT2D eigenvalue weighted by Crippen LogP contribution is -2.43. The van der Waals surface area contributed by atoms with Gasteiger partial charge in [-0.05, 0) is 48.9 Å². The zero-order chi connectivity index (χ0) is 17.2. The highest BCUT2D eigenvalue weighted by Crippen LogP contribution is 2.24. The molecule has 0 bridgehead atoms. The van der Waals surface area contributed by atoms with Crippen molar-refractivity contribution < 1.29 is 9.53 Å². The molecule has 1 aliphatic carbocycles. The number of rotatable bonds is 3. The Bertz CT molecular complexity index is 790. The average Bonchev–Trinajstić information content (AvgIpc) is 3.09. The molecule has 1 saturated heterocycles. The summed E-state index contributed by atoms with van der Waals surface area (Å²) >= 11 is 0. The minimum absolute atomic E-state index is 0.152. The molecule has 2 heterocycles. The fourth-order valence-corrected chi connectivity index (χ4v) is 3.68. The van der Waals surface area contributed by atoms with Gasteiger partial charge in [0, 0.05) is 18.4 Å². The summed E-state index contributed by atoms with van der Waals surface area (Å²) in [6, 6.07) is 8.36. The Labute approximate surface area is 148 Å². The predicted molar refractivity (Wildman–Crippen MR) is 94.2 cm³/mol. The maximum absolute atomic E-state index is 12.7. The molecule has 0 radical (unpaired) electrons. The van der Waals surface area contributed by atoms with Crippen molar-refractivity contribution in [1.82, 2.24) is 14.9 Å². The van der Waals surface area contributed by atoms with Gasteiger partial charge in [-0.1, -0.05) is 18.2 Å². The fourth-order valence-electron chi connectivity index (χ4n) is 3.68. The molecule has 1 aromatic heterocycles.